The Hall–Kier alpha value is -3.77. The van der Waals surface area contributed by atoms with Gasteiger partial charge in [0.15, 0.2) is 6.04 Å². The second-order valence-electron chi connectivity index (χ2n) is 7.95. The van der Waals surface area contributed by atoms with Crippen LogP contribution in [-0.4, -0.2) is 74.1 Å². The Labute approximate surface area is 196 Å². The van der Waals surface area contributed by atoms with Gasteiger partial charge in [-0.1, -0.05) is 30.3 Å². The highest BCUT2D eigenvalue weighted by atomic mass is 16.4. The van der Waals surface area contributed by atoms with Crippen molar-refractivity contribution in [1.82, 2.24) is 25.9 Å². The number of benzene rings is 1. The molecule has 5 unspecified atom stereocenters. The third-order valence-corrected chi connectivity index (χ3v) is 4.99. The van der Waals surface area contributed by atoms with Crippen LogP contribution in [0.5, 0.6) is 0 Å². The quantitative estimate of drug-likeness (QED) is 0.192. The number of nitrogens with two attached hydrogens (primary N) is 1. The summed E-state index contributed by atoms with van der Waals surface area (Å²) >= 11 is 0. The van der Waals surface area contributed by atoms with Crippen LogP contribution in [0.15, 0.2) is 42.9 Å². The van der Waals surface area contributed by atoms with E-state index in [0.717, 1.165) is 5.56 Å². The first-order valence-corrected chi connectivity index (χ1v) is 10.7. The molecule has 8 N–H and O–H groups in total. The Morgan fingerprint density at radius 1 is 0.971 bits per heavy atom. The van der Waals surface area contributed by atoms with Crippen molar-refractivity contribution in [1.29, 1.82) is 0 Å². The molecule has 1 aromatic heterocycles. The van der Waals surface area contributed by atoms with Crippen molar-refractivity contribution >= 4 is 23.7 Å². The molecule has 0 fully saturated rings. The molecule has 0 spiro atoms. The molecule has 0 saturated carbocycles. The average molecular weight is 475 g/mol. The highest BCUT2D eigenvalue weighted by Crippen LogP contribution is 2.07. The summed E-state index contributed by atoms with van der Waals surface area (Å²) in [7, 11) is 0. The molecule has 12 nitrogen and oxygen atoms in total. The fourth-order valence-electron chi connectivity index (χ4n) is 3.10. The predicted molar refractivity (Wildman–Crippen MR) is 121 cm³/mol. The lowest BCUT2D eigenvalue weighted by Gasteiger charge is -2.25. The van der Waals surface area contributed by atoms with Gasteiger partial charge in [0, 0.05) is 24.7 Å². The lowest BCUT2D eigenvalue weighted by molar-refractivity contribution is -0.145. The number of carbonyl (C=O) groups is 4. The number of carbonyl (C=O) groups excluding carboxylic acids is 3. The van der Waals surface area contributed by atoms with Gasteiger partial charge in [-0.05, 0) is 19.4 Å². The Morgan fingerprint density at radius 3 is 2.09 bits per heavy atom. The van der Waals surface area contributed by atoms with Gasteiger partial charge in [0.1, 0.15) is 12.1 Å². The van der Waals surface area contributed by atoms with E-state index in [9.17, 15) is 29.4 Å². The minimum atomic E-state index is -1.58. The SMILES string of the molecule is CC(N)C(=O)NC(Cc1ccccc1)C(=O)NC(Cc1cnc[nH]1)C(=O)NC(C(=O)O)C(C)O. The van der Waals surface area contributed by atoms with E-state index in [1.165, 1.54) is 26.4 Å². The molecular formula is C22H30N6O6. The van der Waals surface area contributed by atoms with Crippen molar-refractivity contribution < 1.29 is 29.4 Å². The Balaban J connectivity index is 2.25. The van der Waals surface area contributed by atoms with Gasteiger partial charge >= 0.3 is 5.97 Å². The fourth-order valence-corrected chi connectivity index (χ4v) is 3.10. The normalized spacial score (nSPS) is 15.3. The number of carboxylic acid groups (broad SMARTS) is 1. The second-order valence-corrected chi connectivity index (χ2v) is 7.95. The first kappa shape index (κ1) is 26.5. The molecule has 0 radical (unpaired) electrons. The van der Waals surface area contributed by atoms with E-state index < -0.39 is 54.0 Å². The Bertz CT molecular complexity index is 964. The van der Waals surface area contributed by atoms with Crippen molar-refractivity contribution in [2.24, 2.45) is 5.73 Å². The van der Waals surface area contributed by atoms with Crippen LogP contribution in [-0.2, 0) is 32.0 Å². The third kappa shape index (κ3) is 7.98. The van der Waals surface area contributed by atoms with Gasteiger partial charge in [-0.15, -0.1) is 0 Å². The van der Waals surface area contributed by atoms with Crippen molar-refractivity contribution in [3.63, 3.8) is 0 Å². The molecule has 12 heteroatoms. The maximum atomic E-state index is 13.2. The summed E-state index contributed by atoms with van der Waals surface area (Å²) in [6.07, 6.45) is 1.57. The molecule has 0 saturated heterocycles. The fraction of sp³-hybridized carbons (Fsp3) is 0.409. The number of aromatic amines is 1. The standard InChI is InChI=1S/C22H30N6O6/c1-12(23)19(30)26-16(8-14-6-4-3-5-7-14)20(31)27-17(9-15-10-24-11-25-15)21(32)28-18(13(2)29)22(33)34/h3-7,10-13,16-18,29H,8-9,23H2,1-2H3,(H,24,25)(H,26,30)(H,27,31)(H,28,32)(H,33,34). The molecule has 5 atom stereocenters. The van der Waals surface area contributed by atoms with E-state index >= 15 is 0 Å². The van der Waals surface area contributed by atoms with E-state index in [0.29, 0.717) is 5.69 Å². The molecule has 0 aliphatic rings. The van der Waals surface area contributed by atoms with E-state index in [4.69, 9.17) is 5.73 Å². The number of imidazole rings is 1. The van der Waals surface area contributed by atoms with Crippen LogP contribution in [0.25, 0.3) is 0 Å². The molecule has 0 aliphatic carbocycles. The number of aromatic nitrogens is 2. The molecule has 34 heavy (non-hydrogen) atoms. The molecule has 0 bridgehead atoms. The van der Waals surface area contributed by atoms with E-state index in [1.807, 2.05) is 6.07 Å². The average Bonchev–Trinajstić information content (AvgIpc) is 3.29. The summed E-state index contributed by atoms with van der Waals surface area (Å²) in [5, 5.41) is 26.4. The number of hydrogen-bond donors (Lipinski definition) is 7. The summed E-state index contributed by atoms with van der Waals surface area (Å²) in [5.41, 5.74) is 6.90. The number of rotatable bonds is 12. The summed E-state index contributed by atoms with van der Waals surface area (Å²) in [4.78, 5) is 56.4. The zero-order valence-corrected chi connectivity index (χ0v) is 18.9. The summed E-state index contributed by atoms with van der Waals surface area (Å²) in [5.74, 6) is -3.47. The first-order chi connectivity index (χ1) is 16.1. The maximum absolute atomic E-state index is 13.2. The predicted octanol–water partition coefficient (Wildman–Crippen LogP) is -1.54. The second kappa shape index (κ2) is 12.5. The van der Waals surface area contributed by atoms with Crippen molar-refractivity contribution in [2.45, 2.75) is 57.0 Å². The van der Waals surface area contributed by atoms with Crippen molar-refractivity contribution in [3.8, 4) is 0 Å². The van der Waals surface area contributed by atoms with Crippen molar-refractivity contribution in [3.05, 3.63) is 54.1 Å². The van der Waals surface area contributed by atoms with Gasteiger partial charge in [-0.3, -0.25) is 14.4 Å². The zero-order valence-electron chi connectivity index (χ0n) is 18.9. The molecule has 1 aromatic carbocycles. The smallest absolute Gasteiger partial charge is 0.328 e. The van der Waals surface area contributed by atoms with E-state index in [1.54, 1.807) is 24.3 Å². The Morgan fingerprint density at radius 2 is 1.56 bits per heavy atom. The first-order valence-electron chi connectivity index (χ1n) is 10.7. The summed E-state index contributed by atoms with van der Waals surface area (Å²) < 4.78 is 0. The van der Waals surface area contributed by atoms with Crippen molar-refractivity contribution in [2.75, 3.05) is 0 Å². The van der Waals surface area contributed by atoms with Gasteiger partial charge in [0.25, 0.3) is 0 Å². The maximum Gasteiger partial charge on any atom is 0.328 e. The molecule has 2 rings (SSSR count). The minimum absolute atomic E-state index is 0.0387. The van der Waals surface area contributed by atoms with Crippen LogP contribution in [0.2, 0.25) is 0 Å². The molecule has 1 heterocycles. The van der Waals surface area contributed by atoms with Gasteiger partial charge in [0.2, 0.25) is 17.7 Å². The molecular weight excluding hydrogens is 444 g/mol. The van der Waals surface area contributed by atoms with Crippen LogP contribution >= 0.6 is 0 Å². The third-order valence-electron chi connectivity index (χ3n) is 4.99. The number of aliphatic hydroxyl groups excluding tert-OH is 1. The lowest BCUT2D eigenvalue weighted by Crippen LogP contribution is -2.59. The summed E-state index contributed by atoms with van der Waals surface area (Å²) in [6.45, 7) is 2.70. The molecule has 2 aromatic rings. The minimum Gasteiger partial charge on any atom is -0.480 e. The highest BCUT2D eigenvalue weighted by Gasteiger charge is 2.32. The largest absolute Gasteiger partial charge is 0.480 e. The molecule has 3 amide bonds. The number of aliphatic carboxylic acids is 1. The Kier molecular flexibility index (Phi) is 9.71. The number of carboxylic acids is 1. The number of nitrogens with zero attached hydrogens (tertiary/aromatic N) is 1. The van der Waals surface area contributed by atoms with Gasteiger partial charge < -0.3 is 36.9 Å². The van der Waals surface area contributed by atoms with Crippen LogP contribution in [0.3, 0.4) is 0 Å². The van der Waals surface area contributed by atoms with E-state index in [2.05, 4.69) is 25.9 Å². The number of hydrogen-bond acceptors (Lipinski definition) is 7. The zero-order chi connectivity index (χ0) is 25.3. The number of nitrogens with one attached hydrogen (secondary N) is 4. The number of aliphatic hydroxyl groups is 1. The van der Waals surface area contributed by atoms with Gasteiger partial charge in [-0.2, -0.15) is 0 Å². The van der Waals surface area contributed by atoms with E-state index in [-0.39, 0.29) is 12.8 Å². The van der Waals surface area contributed by atoms with Crippen LogP contribution < -0.4 is 21.7 Å². The van der Waals surface area contributed by atoms with Gasteiger partial charge in [-0.25, -0.2) is 9.78 Å². The van der Waals surface area contributed by atoms with Crippen LogP contribution in [0.4, 0.5) is 0 Å². The van der Waals surface area contributed by atoms with Gasteiger partial charge in [0.05, 0.1) is 18.5 Å². The molecule has 0 aliphatic heterocycles. The topological polar surface area (TPSA) is 200 Å². The molecule has 184 valence electrons. The number of H-pyrrole nitrogens is 1. The van der Waals surface area contributed by atoms with Crippen LogP contribution in [0, 0.1) is 0 Å². The lowest BCUT2D eigenvalue weighted by atomic mass is 10.0. The highest BCUT2D eigenvalue weighted by molar-refractivity contribution is 5.94. The summed E-state index contributed by atoms with van der Waals surface area (Å²) in [6, 6.07) is 4.24. The monoisotopic (exact) mass is 474 g/mol. The number of amides is 3. The van der Waals surface area contributed by atoms with Crippen LogP contribution in [0.1, 0.15) is 25.1 Å².